The zero-order chi connectivity index (χ0) is 12.6. The molecule has 0 bridgehead atoms. The Morgan fingerprint density at radius 2 is 2.35 bits per heavy atom. The molecule has 1 unspecified atom stereocenters. The first-order valence-electron chi connectivity index (χ1n) is 5.37. The van der Waals surface area contributed by atoms with Crippen molar-refractivity contribution in [2.24, 2.45) is 5.92 Å². The number of rotatable bonds is 3. The van der Waals surface area contributed by atoms with Crippen LogP contribution in [0.15, 0.2) is 0 Å². The Labute approximate surface area is 112 Å². The molecule has 1 fully saturated rings. The van der Waals surface area contributed by atoms with Gasteiger partial charge in [-0.2, -0.15) is 0 Å². The van der Waals surface area contributed by atoms with E-state index in [1.165, 1.54) is 18.3 Å². The smallest absolute Gasteiger partial charge is 0.229 e. The molecule has 17 heavy (non-hydrogen) atoms. The molecule has 6 heteroatoms. The molecular formula is C11H13BrN2O2S. The molecule has 0 aromatic carbocycles. The Morgan fingerprint density at radius 3 is 2.82 bits per heavy atom. The number of Topliss-reactive ketones (excluding diaryl/α,β-unsaturated/α-hetero) is 1. The topological polar surface area (TPSA) is 50.3 Å². The number of carbonyl (C=O) groups is 2. The van der Waals surface area contributed by atoms with E-state index in [2.05, 4.69) is 20.9 Å². The number of halogens is 1. The number of hydrogen-bond donors (Lipinski definition) is 0. The number of carbonyl (C=O) groups excluding carboxylic acids is 2. The van der Waals surface area contributed by atoms with Crippen LogP contribution in [0.2, 0.25) is 0 Å². The van der Waals surface area contributed by atoms with Crippen LogP contribution in [0.1, 0.15) is 28.7 Å². The van der Waals surface area contributed by atoms with E-state index in [1.54, 1.807) is 11.8 Å². The van der Waals surface area contributed by atoms with Crippen LogP contribution in [-0.4, -0.2) is 28.5 Å². The summed E-state index contributed by atoms with van der Waals surface area (Å²) in [6.07, 6.45) is 0.555. The highest BCUT2D eigenvalue weighted by Crippen LogP contribution is 2.31. The molecule has 92 valence electrons. The third kappa shape index (κ3) is 2.42. The van der Waals surface area contributed by atoms with E-state index in [-0.39, 0.29) is 11.7 Å². The highest BCUT2D eigenvalue weighted by atomic mass is 79.9. The maximum atomic E-state index is 11.8. The van der Waals surface area contributed by atoms with E-state index in [0.29, 0.717) is 34.6 Å². The molecule has 0 saturated carbocycles. The van der Waals surface area contributed by atoms with Crippen molar-refractivity contribution in [3.63, 3.8) is 0 Å². The second-order valence-corrected chi connectivity index (χ2v) is 5.82. The molecular weight excluding hydrogens is 304 g/mol. The van der Waals surface area contributed by atoms with Gasteiger partial charge in [-0.15, -0.1) is 0 Å². The average Bonchev–Trinajstić information content (AvgIpc) is 2.81. The monoisotopic (exact) mass is 316 g/mol. The minimum Gasteiger partial charge on any atom is -0.294 e. The molecule has 1 amide bonds. The largest absolute Gasteiger partial charge is 0.294 e. The summed E-state index contributed by atoms with van der Waals surface area (Å²) in [7, 11) is 0. The van der Waals surface area contributed by atoms with Crippen LogP contribution < -0.4 is 4.90 Å². The number of aryl methyl sites for hydroxylation is 1. The van der Waals surface area contributed by atoms with Crippen molar-refractivity contribution in [3.05, 3.63) is 10.6 Å². The zero-order valence-corrected chi connectivity index (χ0v) is 12.1. The summed E-state index contributed by atoms with van der Waals surface area (Å²) in [6, 6.07) is 0. The van der Waals surface area contributed by atoms with Crippen LogP contribution in [0.4, 0.5) is 5.13 Å². The number of aromatic nitrogens is 1. The highest BCUT2D eigenvalue weighted by molar-refractivity contribution is 9.09. The van der Waals surface area contributed by atoms with E-state index >= 15 is 0 Å². The molecule has 0 spiro atoms. The van der Waals surface area contributed by atoms with Gasteiger partial charge in [-0.1, -0.05) is 27.3 Å². The minimum absolute atomic E-state index is 0.00920. The van der Waals surface area contributed by atoms with Crippen molar-refractivity contribution in [1.82, 2.24) is 4.98 Å². The molecule has 1 aliphatic rings. The first kappa shape index (κ1) is 12.7. The number of alkyl halides is 1. The van der Waals surface area contributed by atoms with Gasteiger partial charge in [0, 0.05) is 25.2 Å². The summed E-state index contributed by atoms with van der Waals surface area (Å²) in [5.41, 5.74) is 0.715. The van der Waals surface area contributed by atoms with Gasteiger partial charge >= 0.3 is 0 Å². The molecule has 1 saturated heterocycles. The van der Waals surface area contributed by atoms with Crippen LogP contribution in [0.5, 0.6) is 0 Å². The van der Waals surface area contributed by atoms with Crippen LogP contribution in [0, 0.1) is 12.8 Å². The third-order valence-electron chi connectivity index (χ3n) is 2.76. The van der Waals surface area contributed by atoms with Crippen molar-refractivity contribution in [2.45, 2.75) is 20.3 Å². The van der Waals surface area contributed by atoms with E-state index in [0.717, 1.165) is 5.33 Å². The Kier molecular flexibility index (Phi) is 3.63. The summed E-state index contributed by atoms with van der Waals surface area (Å²) in [4.78, 5) is 29.8. The van der Waals surface area contributed by atoms with Crippen LogP contribution >= 0.6 is 27.3 Å². The predicted molar refractivity (Wildman–Crippen MR) is 71.1 cm³/mol. The van der Waals surface area contributed by atoms with Crippen LogP contribution in [0.25, 0.3) is 0 Å². The van der Waals surface area contributed by atoms with E-state index in [1.807, 2.05) is 0 Å². The average molecular weight is 317 g/mol. The fraction of sp³-hybridized carbons (Fsp3) is 0.545. The summed E-state index contributed by atoms with van der Waals surface area (Å²) in [6.45, 7) is 4.02. The minimum atomic E-state index is 0.00920. The first-order chi connectivity index (χ1) is 8.02. The number of ketones is 1. The summed E-state index contributed by atoms with van der Waals surface area (Å²) in [5.74, 6) is 0.445. The van der Waals surface area contributed by atoms with Gasteiger partial charge in [0.15, 0.2) is 10.9 Å². The Bertz CT molecular complexity index is 472. The maximum Gasteiger partial charge on any atom is 0.229 e. The molecule has 1 aromatic heterocycles. The Morgan fingerprint density at radius 1 is 1.65 bits per heavy atom. The lowest BCUT2D eigenvalue weighted by Gasteiger charge is -2.11. The zero-order valence-electron chi connectivity index (χ0n) is 9.70. The number of nitrogens with zero attached hydrogens (tertiary/aromatic N) is 2. The molecule has 0 radical (unpaired) electrons. The standard InChI is InChI=1S/C11H13BrN2O2S/c1-6-10(7(2)15)17-11(13-6)14-5-8(4-12)3-9(14)16/h8H,3-5H2,1-2H3. The lowest BCUT2D eigenvalue weighted by molar-refractivity contribution is -0.117. The van der Waals surface area contributed by atoms with Crippen molar-refractivity contribution in [3.8, 4) is 0 Å². The molecule has 1 aromatic rings. The van der Waals surface area contributed by atoms with Crippen LogP contribution in [-0.2, 0) is 4.79 Å². The lowest BCUT2D eigenvalue weighted by atomic mass is 10.2. The van der Waals surface area contributed by atoms with Gasteiger partial charge in [-0.25, -0.2) is 4.98 Å². The van der Waals surface area contributed by atoms with Gasteiger partial charge in [0.2, 0.25) is 5.91 Å². The number of thiazole rings is 1. The van der Waals surface area contributed by atoms with Crippen molar-refractivity contribution in [2.75, 3.05) is 16.8 Å². The Balaban J connectivity index is 2.26. The SMILES string of the molecule is CC(=O)c1sc(N2CC(CBr)CC2=O)nc1C. The highest BCUT2D eigenvalue weighted by Gasteiger charge is 2.32. The van der Waals surface area contributed by atoms with Gasteiger partial charge in [0.1, 0.15) is 0 Å². The van der Waals surface area contributed by atoms with E-state index in [9.17, 15) is 9.59 Å². The molecule has 0 aliphatic carbocycles. The van der Waals surface area contributed by atoms with Gasteiger partial charge < -0.3 is 0 Å². The molecule has 0 N–H and O–H groups in total. The third-order valence-corrected chi connectivity index (χ3v) is 4.96. The number of anilines is 1. The van der Waals surface area contributed by atoms with Crippen molar-refractivity contribution < 1.29 is 9.59 Å². The van der Waals surface area contributed by atoms with Gasteiger partial charge in [0.05, 0.1) is 10.6 Å². The van der Waals surface area contributed by atoms with Gasteiger partial charge in [-0.3, -0.25) is 14.5 Å². The molecule has 4 nitrogen and oxygen atoms in total. The first-order valence-corrected chi connectivity index (χ1v) is 7.31. The number of amides is 1. The summed E-state index contributed by atoms with van der Waals surface area (Å²) in [5, 5.41) is 1.47. The second-order valence-electron chi connectivity index (χ2n) is 4.20. The summed E-state index contributed by atoms with van der Waals surface area (Å²) < 4.78 is 0. The second kappa shape index (κ2) is 4.86. The van der Waals surface area contributed by atoms with Crippen LogP contribution in [0.3, 0.4) is 0 Å². The predicted octanol–water partition coefficient (Wildman–Crippen LogP) is 2.40. The summed E-state index contributed by atoms with van der Waals surface area (Å²) >= 11 is 4.71. The van der Waals surface area contributed by atoms with Crippen molar-refractivity contribution in [1.29, 1.82) is 0 Å². The molecule has 1 aliphatic heterocycles. The van der Waals surface area contributed by atoms with E-state index in [4.69, 9.17) is 0 Å². The molecule has 1 atom stereocenters. The number of hydrogen-bond acceptors (Lipinski definition) is 4. The van der Waals surface area contributed by atoms with Gasteiger partial charge in [-0.05, 0) is 12.8 Å². The van der Waals surface area contributed by atoms with E-state index < -0.39 is 0 Å². The molecule has 2 rings (SSSR count). The van der Waals surface area contributed by atoms with Gasteiger partial charge in [0.25, 0.3) is 0 Å². The Hall–Kier alpha value is -0.750. The maximum absolute atomic E-state index is 11.8. The quantitative estimate of drug-likeness (QED) is 0.635. The molecule has 2 heterocycles. The fourth-order valence-electron chi connectivity index (χ4n) is 1.89. The van der Waals surface area contributed by atoms with Crippen molar-refractivity contribution >= 4 is 44.1 Å². The lowest BCUT2D eigenvalue weighted by Crippen LogP contribution is -2.24. The fourth-order valence-corrected chi connectivity index (χ4v) is 3.32. The normalized spacial score (nSPS) is 20.1.